The van der Waals surface area contributed by atoms with E-state index in [9.17, 15) is 15.4 Å². The van der Waals surface area contributed by atoms with Crippen molar-refractivity contribution in [2.45, 2.75) is 19.8 Å². The van der Waals surface area contributed by atoms with Crippen LogP contribution in [0.4, 0.5) is 5.69 Å². The minimum Gasteiger partial charge on any atom is -0.493 e. The Morgan fingerprint density at radius 2 is 2.04 bits per heavy atom. The van der Waals surface area contributed by atoms with E-state index in [2.05, 4.69) is 28.9 Å². The molecule has 6 heteroatoms. The molecule has 0 saturated carbocycles. The molecule has 5 nitrogen and oxygen atoms in total. The standard InChI is InChI=1S/C19H17BrN2O3/c1-2-3-10-25-19-9-6-17(20)12-15(19)11-16(13-21)14-4-7-18(8-5-14)22(23)24/h4-9,11-12H,2-3,10H2,1H3/b16-11-. The highest BCUT2D eigenvalue weighted by molar-refractivity contribution is 9.10. The Balaban J connectivity index is 2.36. The Kier molecular flexibility index (Phi) is 6.72. The highest BCUT2D eigenvalue weighted by Gasteiger charge is 2.09. The van der Waals surface area contributed by atoms with Crippen molar-refractivity contribution in [1.29, 1.82) is 5.26 Å². The number of nitriles is 1. The van der Waals surface area contributed by atoms with Gasteiger partial charge in [-0.1, -0.05) is 29.3 Å². The van der Waals surface area contributed by atoms with Gasteiger partial charge in [0, 0.05) is 22.2 Å². The van der Waals surface area contributed by atoms with Crippen LogP contribution < -0.4 is 4.74 Å². The van der Waals surface area contributed by atoms with Crippen molar-refractivity contribution >= 4 is 33.3 Å². The second-order valence-electron chi connectivity index (χ2n) is 5.36. The van der Waals surface area contributed by atoms with Gasteiger partial charge in [0.15, 0.2) is 0 Å². The van der Waals surface area contributed by atoms with Crippen molar-refractivity contribution in [3.05, 3.63) is 68.2 Å². The lowest BCUT2D eigenvalue weighted by Crippen LogP contribution is -1.98. The summed E-state index contributed by atoms with van der Waals surface area (Å²) in [6, 6.07) is 13.7. The van der Waals surface area contributed by atoms with Crippen molar-refractivity contribution in [2.24, 2.45) is 0 Å². The van der Waals surface area contributed by atoms with Crippen LogP contribution in [0.5, 0.6) is 5.75 Å². The van der Waals surface area contributed by atoms with E-state index in [4.69, 9.17) is 4.74 Å². The normalized spacial score (nSPS) is 11.0. The van der Waals surface area contributed by atoms with Crippen molar-refractivity contribution in [2.75, 3.05) is 6.61 Å². The average Bonchev–Trinajstić information content (AvgIpc) is 2.61. The maximum absolute atomic E-state index is 10.8. The van der Waals surface area contributed by atoms with E-state index in [1.165, 1.54) is 12.1 Å². The summed E-state index contributed by atoms with van der Waals surface area (Å²) >= 11 is 3.43. The smallest absolute Gasteiger partial charge is 0.269 e. The molecule has 0 atom stereocenters. The second-order valence-corrected chi connectivity index (χ2v) is 6.27. The fraction of sp³-hybridized carbons (Fsp3) is 0.211. The maximum atomic E-state index is 10.8. The van der Waals surface area contributed by atoms with Gasteiger partial charge in [-0.15, -0.1) is 0 Å². The molecule has 0 aromatic heterocycles. The molecule has 0 heterocycles. The number of halogens is 1. The van der Waals surface area contributed by atoms with Crippen LogP contribution in [0.3, 0.4) is 0 Å². The highest BCUT2D eigenvalue weighted by Crippen LogP contribution is 2.28. The maximum Gasteiger partial charge on any atom is 0.269 e. The van der Waals surface area contributed by atoms with E-state index in [-0.39, 0.29) is 5.69 Å². The summed E-state index contributed by atoms with van der Waals surface area (Å²) in [7, 11) is 0. The predicted octanol–water partition coefficient (Wildman–Crippen LogP) is 5.60. The van der Waals surface area contributed by atoms with Gasteiger partial charge in [-0.25, -0.2) is 0 Å². The van der Waals surface area contributed by atoms with E-state index in [0.717, 1.165) is 22.9 Å². The van der Waals surface area contributed by atoms with Crippen LogP contribution >= 0.6 is 15.9 Å². The summed E-state index contributed by atoms with van der Waals surface area (Å²) in [4.78, 5) is 10.3. The SMILES string of the molecule is CCCCOc1ccc(Br)cc1/C=C(/C#N)c1ccc([N+](=O)[O-])cc1. The molecular weight excluding hydrogens is 384 g/mol. The molecule has 25 heavy (non-hydrogen) atoms. The third kappa shape index (κ3) is 5.16. The molecule has 0 aliphatic carbocycles. The number of unbranched alkanes of at least 4 members (excludes halogenated alkanes) is 1. The third-order valence-electron chi connectivity index (χ3n) is 3.54. The van der Waals surface area contributed by atoms with Crippen LogP contribution in [-0.2, 0) is 0 Å². The minimum atomic E-state index is -0.465. The Hall–Kier alpha value is -2.65. The second kappa shape index (κ2) is 9.00. The molecule has 0 fully saturated rings. The number of ether oxygens (including phenoxy) is 1. The van der Waals surface area contributed by atoms with E-state index in [1.807, 2.05) is 18.2 Å². The monoisotopic (exact) mass is 400 g/mol. The number of rotatable bonds is 7. The van der Waals surface area contributed by atoms with Gasteiger partial charge in [-0.05, 0) is 48.4 Å². The number of hydrogen-bond donors (Lipinski definition) is 0. The summed E-state index contributed by atoms with van der Waals surface area (Å²) in [6.07, 6.45) is 3.72. The molecule has 0 radical (unpaired) electrons. The number of nitro benzene ring substituents is 1. The first-order chi connectivity index (χ1) is 12.0. The quantitative estimate of drug-likeness (QED) is 0.199. The number of allylic oxidation sites excluding steroid dienone is 1. The number of hydrogen-bond acceptors (Lipinski definition) is 4. The Morgan fingerprint density at radius 1 is 1.32 bits per heavy atom. The summed E-state index contributed by atoms with van der Waals surface area (Å²) in [5, 5.41) is 20.2. The van der Waals surface area contributed by atoms with Gasteiger partial charge in [-0.2, -0.15) is 5.26 Å². The summed E-state index contributed by atoms with van der Waals surface area (Å²) in [5.41, 5.74) is 1.80. The van der Waals surface area contributed by atoms with E-state index in [0.29, 0.717) is 23.5 Å². The van der Waals surface area contributed by atoms with Crippen molar-refractivity contribution in [3.8, 4) is 11.8 Å². The van der Waals surface area contributed by atoms with Crippen molar-refractivity contribution in [3.63, 3.8) is 0 Å². The molecule has 0 aliphatic rings. The Labute approximate surface area is 154 Å². The van der Waals surface area contributed by atoms with Gasteiger partial charge in [-0.3, -0.25) is 10.1 Å². The van der Waals surface area contributed by atoms with E-state index >= 15 is 0 Å². The first-order valence-electron chi connectivity index (χ1n) is 7.84. The first-order valence-corrected chi connectivity index (χ1v) is 8.63. The summed E-state index contributed by atoms with van der Waals surface area (Å²) in [6.45, 7) is 2.70. The van der Waals surface area contributed by atoms with E-state index in [1.54, 1.807) is 18.2 Å². The fourth-order valence-electron chi connectivity index (χ4n) is 2.19. The topological polar surface area (TPSA) is 76.2 Å². The van der Waals surface area contributed by atoms with Crippen molar-refractivity contribution in [1.82, 2.24) is 0 Å². The fourth-order valence-corrected chi connectivity index (χ4v) is 2.57. The number of benzene rings is 2. The first kappa shape index (κ1) is 18.7. The number of non-ortho nitro benzene ring substituents is 1. The van der Waals surface area contributed by atoms with Gasteiger partial charge < -0.3 is 4.74 Å². The molecule has 2 aromatic rings. The van der Waals surface area contributed by atoms with Crippen LogP contribution in [0.25, 0.3) is 11.6 Å². The van der Waals surface area contributed by atoms with Gasteiger partial charge in [0.2, 0.25) is 0 Å². The molecule has 0 N–H and O–H groups in total. The minimum absolute atomic E-state index is 0.00733. The molecule has 128 valence electrons. The Morgan fingerprint density at radius 3 is 2.64 bits per heavy atom. The summed E-state index contributed by atoms with van der Waals surface area (Å²) in [5.74, 6) is 0.700. The zero-order chi connectivity index (χ0) is 18.2. The molecule has 0 unspecified atom stereocenters. The van der Waals surface area contributed by atoms with Crippen LogP contribution in [0.2, 0.25) is 0 Å². The third-order valence-corrected chi connectivity index (χ3v) is 4.03. The molecule has 2 rings (SSSR count). The van der Waals surface area contributed by atoms with Gasteiger partial charge >= 0.3 is 0 Å². The summed E-state index contributed by atoms with van der Waals surface area (Å²) < 4.78 is 6.68. The zero-order valence-corrected chi connectivity index (χ0v) is 15.3. The lowest BCUT2D eigenvalue weighted by atomic mass is 10.0. The molecular formula is C19H17BrN2O3. The van der Waals surface area contributed by atoms with Crippen LogP contribution in [-0.4, -0.2) is 11.5 Å². The van der Waals surface area contributed by atoms with E-state index < -0.39 is 4.92 Å². The number of nitrogens with zero attached hydrogens (tertiary/aromatic N) is 2. The van der Waals surface area contributed by atoms with Crippen LogP contribution in [0.15, 0.2) is 46.9 Å². The van der Waals surface area contributed by atoms with Crippen LogP contribution in [0.1, 0.15) is 30.9 Å². The zero-order valence-electron chi connectivity index (χ0n) is 13.7. The molecule has 0 amide bonds. The van der Waals surface area contributed by atoms with Gasteiger partial charge in [0.1, 0.15) is 5.75 Å². The lowest BCUT2D eigenvalue weighted by Gasteiger charge is -2.10. The highest BCUT2D eigenvalue weighted by atomic mass is 79.9. The molecule has 2 aromatic carbocycles. The van der Waals surface area contributed by atoms with Gasteiger partial charge in [0.25, 0.3) is 5.69 Å². The van der Waals surface area contributed by atoms with Crippen LogP contribution in [0, 0.1) is 21.4 Å². The molecule has 0 spiro atoms. The predicted molar refractivity (Wildman–Crippen MR) is 101 cm³/mol. The van der Waals surface area contributed by atoms with Crippen molar-refractivity contribution < 1.29 is 9.66 Å². The molecule has 0 bridgehead atoms. The largest absolute Gasteiger partial charge is 0.493 e. The Bertz CT molecular complexity index is 824. The van der Waals surface area contributed by atoms with Gasteiger partial charge in [0.05, 0.1) is 23.2 Å². The lowest BCUT2D eigenvalue weighted by molar-refractivity contribution is -0.384. The molecule has 0 aliphatic heterocycles. The average molecular weight is 401 g/mol. The molecule has 0 saturated heterocycles. The number of nitro groups is 1.